The Morgan fingerprint density at radius 3 is 2.47 bits per heavy atom. The first-order valence-electron chi connectivity index (χ1n) is 4.39. The molecule has 5 atom stereocenters. The number of aliphatic hydroxyl groups is 4. The molecule has 0 aliphatic carbocycles. The molecule has 1 heterocycles. The second-order valence-electron chi connectivity index (χ2n) is 3.39. The Labute approximate surface area is 84.9 Å². The zero-order valence-electron chi connectivity index (χ0n) is 7.76. The average molecular weight is 223 g/mol. The van der Waals surface area contributed by atoms with Crippen LogP contribution in [0.15, 0.2) is 0 Å². The molecular weight excluding hydrogens is 210 g/mol. The predicted octanol–water partition coefficient (Wildman–Crippen LogP) is -2.89. The van der Waals surface area contributed by atoms with Crippen LogP contribution in [-0.2, 0) is 4.74 Å². The van der Waals surface area contributed by atoms with Gasteiger partial charge in [0.1, 0.15) is 24.4 Å². The summed E-state index contributed by atoms with van der Waals surface area (Å²) >= 11 is 0. The van der Waals surface area contributed by atoms with Gasteiger partial charge in [-0.2, -0.15) is 0 Å². The Kier molecular flexibility index (Phi) is 3.94. The summed E-state index contributed by atoms with van der Waals surface area (Å²) < 4.78 is 4.90. The van der Waals surface area contributed by atoms with E-state index in [2.05, 4.69) is 0 Å². The van der Waals surface area contributed by atoms with Crippen molar-refractivity contribution in [3.05, 3.63) is 10.1 Å². The van der Waals surface area contributed by atoms with Crippen LogP contribution < -0.4 is 0 Å². The summed E-state index contributed by atoms with van der Waals surface area (Å²) in [4.78, 5) is 9.49. The third kappa shape index (κ3) is 2.61. The molecule has 1 aliphatic rings. The topological polar surface area (TPSA) is 133 Å². The van der Waals surface area contributed by atoms with Crippen molar-refractivity contribution in [3.8, 4) is 0 Å². The molecule has 15 heavy (non-hydrogen) atoms. The second-order valence-corrected chi connectivity index (χ2v) is 3.39. The van der Waals surface area contributed by atoms with Gasteiger partial charge in [0.05, 0.1) is 6.61 Å². The van der Waals surface area contributed by atoms with Crippen molar-refractivity contribution in [1.82, 2.24) is 0 Å². The van der Waals surface area contributed by atoms with Crippen molar-refractivity contribution in [1.29, 1.82) is 0 Å². The first kappa shape index (κ1) is 12.3. The van der Waals surface area contributed by atoms with E-state index in [1.165, 1.54) is 0 Å². The number of hydrogen-bond acceptors (Lipinski definition) is 7. The highest BCUT2D eigenvalue weighted by molar-refractivity contribution is 4.93. The van der Waals surface area contributed by atoms with Gasteiger partial charge < -0.3 is 25.2 Å². The number of nitro groups is 1. The van der Waals surface area contributed by atoms with Gasteiger partial charge in [0.2, 0.25) is 6.54 Å². The van der Waals surface area contributed by atoms with E-state index < -0.39 is 48.6 Å². The van der Waals surface area contributed by atoms with Crippen LogP contribution in [0.1, 0.15) is 0 Å². The van der Waals surface area contributed by atoms with Crippen molar-refractivity contribution < 1.29 is 30.1 Å². The Bertz CT molecular complexity index is 235. The molecule has 0 radical (unpaired) electrons. The molecule has 4 N–H and O–H groups in total. The molecule has 1 saturated heterocycles. The summed E-state index contributed by atoms with van der Waals surface area (Å²) in [5, 5.41) is 46.7. The summed E-state index contributed by atoms with van der Waals surface area (Å²) in [6, 6.07) is 0. The van der Waals surface area contributed by atoms with Crippen LogP contribution in [0.5, 0.6) is 0 Å². The van der Waals surface area contributed by atoms with Crippen LogP contribution in [0.4, 0.5) is 0 Å². The molecular formula is C7H13NO7. The molecule has 0 bridgehead atoms. The van der Waals surface area contributed by atoms with E-state index >= 15 is 0 Å². The van der Waals surface area contributed by atoms with Gasteiger partial charge in [0.25, 0.3) is 0 Å². The van der Waals surface area contributed by atoms with Gasteiger partial charge in [-0.3, -0.25) is 10.1 Å². The fourth-order valence-corrected chi connectivity index (χ4v) is 1.50. The third-order valence-corrected chi connectivity index (χ3v) is 2.29. The minimum Gasteiger partial charge on any atom is -0.394 e. The van der Waals surface area contributed by atoms with Gasteiger partial charge in [-0.15, -0.1) is 0 Å². The minimum atomic E-state index is -1.43. The highest BCUT2D eigenvalue weighted by atomic mass is 16.6. The molecule has 0 aromatic heterocycles. The van der Waals surface area contributed by atoms with Crippen molar-refractivity contribution in [2.45, 2.75) is 30.5 Å². The molecule has 1 aliphatic heterocycles. The van der Waals surface area contributed by atoms with Gasteiger partial charge in [-0.05, 0) is 0 Å². The smallest absolute Gasteiger partial charge is 0.232 e. The molecule has 1 fully saturated rings. The Morgan fingerprint density at radius 1 is 1.40 bits per heavy atom. The van der Waals surface area contributed by atoms with Crippen LogP contribution in [0.2, 0.25) is 0 Å². The highest BCUT2D eigenvalue weighted by Crippen LogP contribution is 2.23. The monoisotopic (exact) mass is 223 g/mol. The van der Waals surface area contributed by atoms with Gasteiger partial charge in [0.15, 0.2) is 6.10 Å². The zero-order valence-corrected chi connectivity index (χ0v) is 7.76. The van der Waals surface area contributed by atoms with E-state index in [4.69, 9.17) is 9.84 Å². The van der Waals surface area contributed by atoms with Crippen LogP contribution in [0, 0.1) is 10.1 Å². The van der Waals surface area contributed by atoms with E-state index in [-0.39, 0.29) is 0 Å². The number of rotatable bonds is 4. The standard InChI is InChI=1S/C7H13NO7/c9-2-3(10)7-6(12)5(11)4(15-7)1-8(13)14/h3-7,9-12H,1-2H2/t3-,4-,5+,6-,7+/m1/s1. The van der Waals surface area contributed by atoms with Crippen LogP contribution in [0.25, 0.3) is 0 Å². The SMILES string of the molecule is O=[N+]([O-])C[C@H]1O[C@@H]([C@H](O)CO)[C@H](O)[C@H]1O. The van der Waals surface area contributed by atoms with Gasteiger partial charge in [-0.1, -0.05) is 0 Å². The third-order valence-electron chi connectivity index (χ3n) is 2.29. The number of hydrogen-bond donors (Lipinski definition) is 4. The van der Waals surface area contributed by atoms with Crippen LogP contribution in [-0.4, -0.2) is 69.0 Å². The maximum Gasteiger partial charge on any atom is 0.232 e. The zero-order chi connectivity index (χ0) is 11.6. The molecule has 0 amide bonds. The molecule has 0 spiro atoms. The number of ether oxygens (including phenoxy) is 1. The fraction of sp³-hybridized carbons (Fsp3) is 1.00. The van der Waals surface area contributed by atoms with E-state index in [0.717, 1.165) is 0 Å². The first-order chi connectivity index (χ1) is 6.97. The van der Waals surface area contributed by atoms with Crippen molar-refractivity contribution >= 4 is 0 Å². The lowest BCUT2D eigenvalue weighted by atomic mass is 10.0. The molecule has 8 heteroatoms. The number of aliphatic hydroxyl groups excluding tert-OH is 4. The molecule has 1 rings (SSSR count). The molecule has 0 unspecified atom stereocenters. The van der Waals surface area contributed by atoms with Gasteiger partial charge in [0, 0.05) is 4.92 Å². The normalized spacial score (nSPS) is 37.9. The number of nitrogens with zero attached hydrogens (tertiary/aromatic N) is 1. The Morgan fingerprint density at radius 2 is 2.00 bits per heavy atom. The summed E-state index contributed by atoms with van der Waals surface area (Å²) in [5.74, 6) is 0. The second kappa shape index (κ2) is 4.81. The van der Waals surface area contributed by atoms with Crippen molar-refractivity contribution in [2.75, 3.05) is 13.2 Å². The molecule has 8 nitrogen and oxygen atoms in total. The largest absolute Gasteiger partial charge is 0.394 e. The van der Waals surface area contributed by atoms with E-state index in [1.807, 2.05) is 0 Å². The summed E-state index contributed by atoms with van der Waals surface area (Å²) in [6.45, 7) is -1.31. The predicted molar refractivity (Wildman–Crippen MR) is 45.6 cm³/mol. The van der Waals surface area contributed by atoms with Crippen molar-refractivity contribution in [3.63, 3.8) is 0 Å². The lowest BCUT2D eigenvalue weighted by molar-refractivity contribution is -0.492. The fourth-order valence-electron chi connectivity index (χ4n) is 1.50. The quantitative estimate of drug-likeness (QED) is 0.297. The average Bonchev–Trinajstić information content (AvgIpc) is 2.44. The van der Waals surface area contributed by atoms with Gasteiger partial charge in [-0.25, -0.2) is 0 Å². The summed E-state index contributed by atoms with van der Waals surface area (Å²) in [5.41, 5.74) is 0. The van der Waals surface area contributed by atoms with Crippen molar-refractivity contribution in [2.24, 2.45) is 0 Å². The molecule has 0 aromatic carbocycles. The van der Waals surface area contributed by atoms with E-state index in [9.17, 15) is 25.4 Å². The van der Waals surface area contributed by atoms with E-state index in [1.54, 1.807) is 0 Å². The van der Waals surface area contributed by atoms with Crippen LogP contribution in [0.3, 0.4) is 0 Å². The lowest BCUT2D eigenvalue weighted by Crippen LogP contribution is -2.40. The summed E-state index contributed by atoms with van der Waals surface area (Å²) in [6.07, 6.45) is -6.60. The lowest BCUT2D eigenvalue weighted by Gasteiger charge is -2.18. The molecule has 88 valence electrons. The Hall–Kier alpha value is -0.800. The van der Waals surface area contributed by atoms with E-state index in [0.29, 0.717) is 0 Å². The minimum absolute atomic E-state index is 0.653. The van der Waals surface area contributed by atoms with Crippen LogP contribution >= 0.6 is 0 Å². The maximum atomic E-state index is 10.2. The Balaban J connectivity index is 2.62. The van der Waals surface area contributed by atoms with Gasteiger partial charge >= 0.3 is 0 Å². The highest BCUT2D eigenvalue weighted by Gasteiger charge is 2.47. The molecule has 0 aromatic rings. The maximum absolute atomic E-state index is 10.2. The summed E-state index contributed by atoms with van der Waals surface area (Å²) in [7, 11) is 0. The first-order valence-corrected chi connectivity index (χ1v) is 4.39. The molecule has 0 saturated carbocycles.